The molecule has 0 aliphatic carbocycles. The summed E-state index contributed by atoms with van der Waals surface area (Å²) in [5.74, 6) is 0.700. The first kappa shape index (κ1) is 14.7. The Morgan fingerprint density at radius 2 is 1.96 bits per heavy atom. The Kier molecular flexibility index (Phi) is 3.66. The van der Waals surface area contributed by atoms with Gasteiger partial charge >= 0.3 is 0 Å². The number of imidazole rings is 1. The summed E-state index contributed by atoms with van der Waals surface area (Å²) in [6.07, 6.45) is 0. The number of hydrogen-bond donors (Lipinski definition) is 2. The molecule has 0 saturated carbocycles. The molecule has 118 valence electrons. The molecule has 2 heterocycles. The number of para-hydroxylation sites is 2. The van der Waals surface area contributed by atoms with Crippen molar-refractivity contribution in [2.75, 3.05) is 5.32 Å². The van der Waals surface area contributed by atoms with E-state index in [-0.39, 0.29) is 11.7 Å². The van der Waals surface area contributed by atoms with E-state index < -0.39 is 0 Å². The summed E-state index contributed by atoms with van der Waals surface area (Å²) < 4.78 is 5.78. The number of aromatic nitrogens is 2. The number of H-pyrrole nitrogens is 1. The van der Waals surface area contributed by atoms with E-state index >= 15 is 0 Å². The summed E-state index contributed by atoms with van der Waals surface area (Å²) in [6, 6.07) is 18.6. The molecule has 0 aliphatic heterocycles. The first-order valence-corrected chi connectivity index (χ1v) is 8.10. The van der Waals surface area contributed by atoms with Crippen LogP contribution in [-0.4, -0.2) is 15.9 Å². The normalized spacial score (nSPS) is 10.9. The second-order valence-electron chi connectivity index (χ2n) is 5.24. The van der Waals surface area contributed by atoms with Gasteiger partial charge in [0.05, 0.1) is 11.0 Å². The Labute approximate surface area is 145 Å². The van der Waals surface area contributed by atoms with Gasteiger partial charge in [-0.15, -0.1) is 0 Å². The van der Waals surface area contributed by atoms with Crippen LogP contribution in [0.3, 0.4) is 0 Å². The van der Waals surface area contributed by atoms with Crippen molar-refractivity contribution in [3.8, 4) is 11.4 Å². The molecule has 4 aromatic rings. The van der Waals surface area contributed by atoms with Crippen molar-refractivity contribution in [3.05, 3.63) is 71.1 Å². The number of carbonyl (C=O) groups is 1. The van der Waals surface area contributed by atoms with E-state index in [1.807, 2.05) is 48.5 Å². The second kappa shape index (κ2) is 5.98. The van der Waals surface area contributed by atoms with Crippen molar-refractivity contribution < 1.29 is 9.21 Å². The summed E-state index contributed by atoms with van der Waals surface area (Å²) in [5, 5.41) is 2.82. The predicted molar refractivity (Wildman–Crippen MR) is 95.9 cm³/mol. The van der Waals surface area contributed by atoms with Crippen LogP contribution >= 0.6 is 15.9 Å². The minimum absolute atomic E-state index is 0.246. The molecule has 2 aromatic heterocycles. The van der Waals surface area contributed by atoms with Crippen LogP contribution in [0.2, 0.25) is 0 Å². The third-order valence-corrected chi connectivity index (χ3v) is 4.01. The summed E-state index contributed by atoms with van der Waals surface area (Å²) >= 11 is 3.19. The van der Waals surface area contributed by atoms with E-state index in [0.29, 0.717) is 10.4 Å². The molecule has 6 heteroatoms. The average Bonchev–Trinajstić information content (AvgIpc) is 3.21. The lowest BCUT2D eigenvalue weighted by Gasteiger charge is -2.05. The van der Waals surface area contributed by atoms with Crippen molar-refractivity contribution in [3.63, 3.8) is 0 Å². The molecule has 2 N–H and O–H groups in total. The van der Waals surface area contributed by atoms with Gasteiger partial charge in [-0.3, -0.25) is 4.79 Å². The molecule has 0 bridgehead atoms. The predicted octanol–water partition coefficient (Wildman–Crippen LogP) is 4.84. The molecule has 5 nitrogen and oxygen atoms in total. The number of hydrogen-bond acceptors (Lipinski definition) is 3. The third kappa shape index (κ3) is 2.83. The van der Waals surface area contributed by atoms with Gasteiger partial charge in [0.15, 0.2) is 10.4 Å². The molecule has 4 rings (SSSR count). The second-order valence-corrected chi connectivity index (χ2v) is 6.02. The lowest BCUT2D eigenvalue weighted by atomic mass is 10.2. The first-order chi connectivity index (χ1) is 11.7. The van der Waals surface area contributed by atoms with Crippen LogP contribution in [0.5, 0.6) is 0 Å². The van der Waals surface area contributed by atoms with Crippen molar-refractivity contribution >= 4 is 38.6 Å². The number of fused-ring (bicyclic) bond motifs is 1. The molecular weight excluding hydrogens is 370 g/mol. The highest BCUT2D eigenvalue weighted by atomic mass is 79.9. The van der Waals surface area contributed by atoms with E-state index in [4.69, 9.17) is 4.42 Å². The molecule has 0 radical (unpaired) electrons. The Hall–Kier alpha value is -2.86. The zero-order valence-corrected chi connectivity index (χ0v) is 14.0. The van der Waals surface area contributed by atoms with Crippen LogP contribution in [0.1, 0.15) is 10.6 Å². The van der Waals surface area contributed by atoms with E-state index in [0.717, 1.165) is 22.4 Å². The Morgan fingerprint density at radius 1 is 1.08 bits per heavy atom. The van der Waals surface area contributed by atoms with Gasteiger partial charge in [0.2, 0.25) is 0 Å². The third-order valence-electron chi connectivity index (χ3n) is 3.58. The Balaban J connectivity index is 1.62. The highest BCUT2D eigenvalue weighted by molar-refractivity contribution is 9.10. The van der Waals surface area contributed by atoms with E-state index in [2.05, 4.69) is 31.2 Å². The maximum Gasteiger partial charge on any atom is 0.291 e. The zero-order valence-electron chi connectivity index (χ0n) is 12.4. The highest BCUT2D eigenvalue weighted by Crippen LogP contribution is 2.23. The lowest BCUT2D eigenvalue weighted by Crippen LogP contribution is -2.10. The summed E-state index contributed by atoms with van der Waals surface area (Å²) in [5.41, 5.74) is 3.44. The molecule has 0 fully saturated rings. The molecule has 0 spiro atoms. The zero-order chi connectivity index (χ0) is 16.5. The van der Waals surface area contributed by atoms with Crippen molar-refractivity contribution in [2.24, 2.45) is 0 Å². The summed E-state index contributed by atoms with van der Waals surface area (Å²) in [6.45, 7) is 0. The first-order valence-electron chi connectivity index (χ1n) is 7.31. The fraction of sp³-hybridized carbons (Fsp3) is 0. The number of benzene rings is 2. The van der Waals surface area contributed by atoms with Crippen molar-refractivity contribution in [2.45, 2.75) is 0 Å². The number of furan rings is 1. The largest absolute Gasteiger partial charge is 0.444 e. The number of rotatable bonds is 3. The number of nitrogens with one attached hydrogen (secondary N) is 2. The molecule has 0 atom stereocenters. The monoisotopic (exact) mass is 381 g/mol. The smallest absolute Gasteiger partial charge is 0.291 e. The van der Waals surface area contributed by atoms with Gasteiger partial charge in [-0.2, -0.15) is 0 Å². The molecular formula is C18H12BrN3O2. The average molecular weight is 382 g/mol. The van der Waals surface area contributed by atoms with Gasteiger partial charge in [-0.25, -0.2) is 4.98 Å². The number of amides is 1. The summed E-state index contributed by atoms with van der Waals surface area (Å²) in [4.78, 5) is 20.0. The number of carbonyl (C=O) groups excluding carboxylic acids is 1. The quantitative estimate of drug-likeness (QED) is 0.533. The van der Waals surface area contributed by atoms with Crippen LogP contribution in [0.25, 0.3) is 22.4 Å². The molecule has 0 unspecified atom stereocenters. The van der Waals surface area contributed by atoms with Gasteiger partial charge in [0.25, 0.3) is 5.91 Å². The molecule has 0 aliphatic rings. The maximum atomic E-state index is 12.2. The Bertz CT molecular complexity index is 1000. The van der Waals surface area contributed by atoms with Gasteiger partial charge < -0.3 is 14.7 Å². The highest BCUT2D eigenvalue weighted by Gasteiger charge is 2.12. The minimum atomic E-state index is -0.303. The van der Waals surface area contributed by atoms with Crippen molar-refractivity contribution in [1.29, 1.82) is 0 Å². The van der Waals surface area contributed by atoms with Crippen LogP contribution < -0.4 is 5.32 Å². The van der Waals surface area contributed by atoms with Gasteiger partial charge in [-0.1, -0.05) is 24.3 Å². The van der Waals surface area contributed by atoms with Crippen LogP contribution in [0.15, 0.2) is 69.8 Å². The molecule has 1 amide bonds. The molecule has 24 heavy (non-hydrogen) atoms. The standard InChI is InChI=1S/C18H12BrN3O2/c19-16-9-8-15(24-16)18(23)20-12-5-3-4-11(10-12)17-21-13-6-1-2-7-14(13)22-17/h1-10H,(H,20,23)(H,21,22). The number of halogens is 1. The maximum absolute atomic E-state index is 12.2. The van der Waals surface area contributed by atoms with Crippen molar-refractivity contribution in [1.82, 2.24) is 9.97 Å². The SMILES string of the molecule is O=C(Nc1cccc(-c2nc3ccccc3[nH]2)c1)c1ccc(Br)o1. The van der Waals surface area contributed by atoms with Crippen LogP contribution in [-0.2, 0) is 0 Å². The lowest BCUT2D eigenvalue weighted by molar-refractivity contribution is 0.0995. The topological polar surface area (TPSA) is 70.9 Å². The van der Waals surface area contributed by atoms with E-state index in [1.165, 1.54) is 0 Å². The number of anilines is 1. The molecule has 0 saturated heterocycles. The Morgan fingerprint density at radius 3 is 2.75 bits per heavy atom. The summed E-state index contributed by atoms with van der Waals surface area (Å²) in [7, 11) is 0. The van der Waals surface area contributed by atoms with Gasteiger partial charge in [0.1, 0.15) is 5.82 Å². The van der Waals surface area contributed by atoms with Crippen LogP contribution in [0, 0.1) is 0 Å². The van der Waals surface area contributed by atoms with Crippen LogP contribution in [0.4, 0.5) is 5.69 Å². The number of aromatic amines is 1. The fourth-order valence-corrected chi connectivity index (χ4v) is 2.77. The van der Waals surface area contributed by atoms with Gasteiger partial charge in [0, 0.05) is 11.3 Å². The van der Waals surface area contributed by atoms with E-state index in [9.17, 15) is 4.79 Å². The number of nitrogens with zero attached hydrogens (tertiary/aromatic N) is 1. The van der Waals surface area contributed by atoms with E-state index in [1.54, 1.807) is 12.1 Å². The van der Waals surface area contributed by atoms with Gasteiger partial charge in [-0.05, 0) is 52.3 Å². The minimum Gasteiger partial charge on any atom is -0.444 e. The fourth-order valence-electron chi connectivity index (χ4n) is 2.46. The molecule has 2 aromatic carbocycles.